The number of ether oxygens (including phenoxy) is 2. The van der Waals surface area contributed by atoms with Crippen LogP contribution in [0.5, 0.6) is 23.0 Å². The Balaban J connectivity index is 1.14. The van der Waals surface area contributed by atoms with E-state index in [1.807, 2.05) is 0 Å². The molecule has 270 valence electrons. The molecule has 0 fully saturated rings. The van der Waals surface area contributed by atoms with Crippen LogP contribution in [0.4, 0.5) is 11.4 Å². The van der Waals surface area contributed by atoms with Gasteiger partial charge in [0.2, 0.25) is 0 Å². The maximum absolute atomic E-state index is 7.42. The molecule has 0 bridgehead atoms. The SMILES string of the molecule is CN1Cc2ccccc2C12c1cc3c(cc1Oc1c2cc2c4c1CCCN4CCC2)Oc1c(cc2c4c1CCCN4CCC2)C31c2ccccc2CN1C. The second-order valence-corrected chi connectivity index (χ2v) is 17.4. The topological polar surface area (TPSA) is 31.4 Å². The molecule has 0 radical (unpaired) electrons. The number of hydrogen-bond donors (Lipinski definition) is 0. The Morgan fingerprint density at radius 3 is 1.39 bits per heavy atom. The van der Waals surface area contributed by atoms with Crippen molar-refractivity contribution in [3.63, 3.8) is 0 Å². The number of aryl methyl sites for hydroxylation is 2. The largest absolute Gasteiger partial charge is 0.456 e. The van der Waals surface area contributed by atoms with Crippen LogP contribution < -0.4 is 19.3 Å². The second kappa shape index (κ2) is 10.5. The van der Waals surface area contributed by atoms with Crippen LogP contribution in [0.25, 0.3) is 0 Å². The first-order valence-corrected chi connectivity index (χ1v) is 20.6. The van der Waals surface area contributed by atoms with Gasteiger partial charge < -0.3 is 19.3 Å². The minimum Gasteiger partial charge on any atom is -0.456 e. The molecule has 0 amide bonds. The predicted molar refractivity (Wildman–Crippen MR) is 213 cm³/mol. The van der Waals surface area contributed by atoms with Crippen molar-refractivity contribution in [1.29, 1.82) is 0 Å². The molecule has 0 aliphatic carbocycles. The van der Waals surface area contributed by atoms with Crippen LogP contribution in [0.1, 0.15) is 92.4 Å². The minimum absolute atomic E-state index is 0.486. The monoisotopic (exact) mass is 710 g/mol. The van der Waals surface area contributed by atoms with Crippen LogP contribution in [-0.4, -0.2) is 50.1 Å². The van der Waals surface area contributed by atoms with E-state index < -0.39 is 11.1 Å². The normalized spacial score (nSPS) is 25.1. The van der Waals surface area contributed by atoms with Crippen LogP contribution in [0.2, 0.25) is 0 Å². The van der Waals surface area contributed by atoms with Gasteiger partial charge in [0.1, 0.15) is 34.1 Å². The molecule has 6 nitrogen and oxygen atoms in total. The van der Waals surface area contributed by atoms with E-state index in [2.05, 4.69) is 106 Å². The van der Waals surface area contributed by atoms with E-state index in [1.54, 1.807) is 0 Å². The molecule has 0 N–H and O–H groups in total. The predicted octanol–water partition coefficient (Wildman–Crippen LogP) is 8.77. The molecule has 54 heavy (non-hydrogen) atoms. The average Bonchev–Trinajstić information content (AvgIpc) is 3.66. The molecule has 13 rings (SSSR count). The summed E-state index contributed by atoms with van der Waals surface area (Å²) in [7, 11) is 4.69. The lowest BCUT2D eigenvalue weighted by molar-refractivity contribution is 0.193. The lowest BCUT2D eigenvalue weighted by Gasteiger charge is -2.49. The summed E-state index contributed by atoms with van der Waals surface area (Å²) in [5.41, 5.74) is 18.5. The summed E-state index contributed by atoms with van der Waals surface area (Å²) < 4.78 is 14.8. The van der Waals surface area contributed by atoms with E-state index in [0.717, 1.165) is 87.9 Å². The van der Waals surface area contributed by atoms with Gasteiger partial charge in [-0.2, -0.15) is 0 Å². The summed E-state index contributed by atoms with van der Waals surface area (Å²) in [5.74, 6) is 4.06. The Labute approximate surface area is 317 Å². The Morgan fingerprint density at radius 2 is 0.907 bits per heavy atom. The van der Waals surface area contributed by atoms with E-state index in [4.69, 9.17) is 9.47 Å². The smallest absolute Gasteiger partial charge is 0.138 e. The summed E-state index contributed by atoms with van der Waals surface area (Å²) in [6.45, 7) is 6.36. The van der Waals surface area contributed by atoms with Gasteiger partial charge in [0.05, 0.1) is 0 Å². The first-order chi connectivity index (χ1) is 26.6. The highest BCUT2D eigenvalue weighted by atomic mass is 16.5. The van der Waals surface area contributed by atoms with Gasteiger partial charge >= 0.3 is 0 Å². The van der Waals surface area contributed by atoms with Gasteiger partial charge in [-0.25, -0.2) is 0 Å². The first-order valence-electron chi connectivity index (χ1n) is 20.6. The molecule has 8 aliphatic heterocycles. The number of benzene rings is 5. The molecule has 2 unspecified atom stereocenters. The van der Waals surface area contributed by atoms with Crippen molar-refractivity contribution in [3.05, 3.63) is 140 Å². The highest BCUT2D eigenvalue weighted by Crippen LogP contribution is 2.65. The van der Waals surface area contributed by atoms with Crippen LogP contribution in [-0.2, 0) is 49.9 Å². The summed E-state index contributed by atoms with van der Waals surface area (Å²) in [6.07, 6.45) is 9.14. The Morgan fingerprint density at radius 1 is 0.463 bits per heavy atom. The maximum Gasteiger partial charge on any atom is 0.138 e. The van der Waals surface area contributed by atoms with Gasteiger partial charge in [0.15, 0.2) is 0 Å². The summed E-state index contributed by atoms with van der Waals surface area (Å²) in [5, 5.41) is 0. The lowest BCUT2D eigenvalue weighted by Crippen LogP contribution is -2.46. The van der Waals surface area contributed by atoms with E-state index in [1.165, 1.54) is 104 Å². The van der Waals surface area contributed by atoms with Gasteiger partial charge in [0, 0.05) is 90.1 Å². The zero-order chi connectivity index (χ0) is 35.5. The number of hydrogen-bond acceptors (Lipinski definition) is 6. The quantitative estimate of drug-likeness (QED) is 0.160. The Bertz CT molecular complexity index is 2330. The molecule has 0 saturated carbocycles. The highest BCUT2D eigenvalue weighted by molar-refractivity contribution is 5.80. The third-order valence-electron chi connectivity index (χ3n) is 14.8. The van der Waals surface area contributed by atoms with E-state index in [-0.39, 0.29) is 0 Å². The van der Waals surface area contributed by atoms with Crippen LogP contribution in [0.3, 0.4) is 0 Å². The van der Waals surface area contributed by atoms with Crippen molar-refractivity contribution in [2.45, 2.75) is 75.5 Å². The van der Waals surface area contributed by atoms with Gasteiger partial charge in [-0.05, 0) is 117 Å². The molecule has 6 heteroatoms. The fraction of sp³-hybridized carbons (Fsp3) is 0.375. The second-order valence-electron chi connectivity index (χ2n) is 17.4. The van der Waals surface area contributed by atoms with E-state index >= 15 is 0 Å². The van der Waals surface area contributed by atoms with Gasteiger partial charge in [-0.3, -0.25) is 9.80 Å². The summed E-state index contributed by atoms with van der Waals surface area (Å²) in [6, 6.07) is 28.4. The molecular formula is C48H46N4O2. The summed E-state index contributed by atoms with van der Waals surface area (Å²) >= 11 is 0. The van der Waals surface area contributed by atoms with Crippen molar-refractivity contribution < 1.29 is 9.47 Å². The molecule has 2 spiro atoms. The standard InChI is InChI=1S/C48H46N4O2/c1-49-27-31-11-3-5-17-35(31)47(49)37-25-38-42(26-41(37)53-45-33-15-9-21-51-19-7-13-29(43(33)51)23-39(45)47)54-46-34-16-10-22-52-20-8-14-30(44(34)52)24-40(46)48(38)36-18-6-4-12-32(36)28-50(48)2/h3-6,11-12,17-18,23-26H,7-10,13-16,19-22,27-28H2,1-2H3. The van der Waals surface area contributed by atoms with Gasteiger partial charge in [0.25, 0.3) is 0 Å². The Hall–Kier alpha value is -4.78. The molecule has 8 heterocycles. The van der Waals surface area contributed by atoms with Gasteiger partial charge in [-0.1, -0.05) is 48.5 Å². The molecule has 0 saturated heterocycles. The number of fused-ring (bicyclic) bond motifs is 14. The number of anilines is 2. The van der Waals surface area contributed by atoms with Crippen molar-refractivity contribution >= 4 is 11.4 Å². The van der Waals surface area contributed by atoms with Crippen molar-refractivity contribution in [3.8, 4) is 23.0 Å². The summed E-state index contributed by atoms with van der Waals surface area (Å²) in [4.78, 5) is 10.5. The molecule has 0 aromatic heterocycles. The molecule has 8 aliphatic rings. The maximum atomic E-state index is 7.42. The van der Waals surface area contributed by atoms with Crippen molar-refractivity contribution in [1.82, 2.24) is 9.80 Å². The fourth-order valence-corrected chi connectivity index (χ4v) is 12.8. The zero-order valence-corrected chi connectivity index (χ0v) is 31.4. The third kappa shape index (κ3) is 3.52. The van der Waals surface area contributed by atoms with E-state index in [9.17, 15) is 0 Å². The molecular weight excluding hydrogens is 665 g/mol. The van der Waals surface area contributed by atoms with Crippen LogP contribution in [0.15, 0.2) is 72.8 Å². The van der Waals surface area contributed by atoms with E-state index in [0.29, 0.717) is 0 Å². The van der Waals surface area contributed by atoms with Crippen molar-refractivity contribution in [2.24, 2.45) is 0 Å². The average molecular weight is 711 g/mol. The highest BCUT2D eigenvalue weighted by Gasteiger charge is 2.57. The molecule has 5 aromatic rings. The van der Waals surface area contributed by atoms with Crippen LogP contribution in [0, 0.1) is 0 Å². The fourth-order valence-electron chi connectivity index (χ4n) is 12.8. The Kier molecular flexibility index (Phi) is 5.93. The third-order valence-corrected chi connectivity index (χ3v) is 14.8. The molecule has 2 atom stereocenters. The minimum atomic E-state index is -0.486. The van der Waals surface area contributed by atoms with Gasteiger partial charge in [-0.15, -0.1) is 0 Å². The lowest BCUT2D eigenvalue weighted by atomic mass is 9.68. The van der Waals surface area contributed by atoms with Crippen molar-refractivity contribution in [2.75, 3.05) is 50.1 Å². The first kappa shape index (κ1) is 30.5. The zero-order valence-electron chi connectivity index (χ0n) is 31.4. The number of nitrogens with zero attached hydrogens (tertiary/aromatic N) is 4. The molecule has 5 aromatic carbocycles. The number of rotatable bonds is 0. The van der Waals surface area contributed by atoms with Crippen LogP contribution >= 0.6 is 0 Å².